The van der Waals surface area contributed by atoms with Gasteiger partial charge in [0.1, 0.15) is 0 Å². The fourth-order valence-electron chi connectivity index (χ4n) is 5.37. The van der Waals surface area contributed by atoms with E-state index in [1.165, 1.54) is 44.5 Å². The molecule has 0 aliphatic carbocycles. The van der Waals surface area contributed by atoms with Gasteiger partial charge in [0, 0.05) is 48.5 Å². The van der Waals surface area contributed by atoms with Crippen molar-refractivity contribution in [3.8, 4) is 0 Å². The van der Waals surface area contributed by atoms with Gasteiger partial charge in [-0.15, -0.1) is 11.4 Å². The van der Waals surface area contributed by atoms with Crippen LogP contribution in [0.4, 0.5) is 22.7 Å². The molecule has 0 saturated heterocycles. The van der Waals surface area contributed by atoms with Crippen LogP contribution in [0.2, 0.25) is 0 Å². The molecule has 0 N–H and O–H groups in total. The van der Waals surface area contributed by atoms with Crippen LogP contribution in [0, 0.1) is 55.4 Å². The Labute approximate surface area is 314 Å². The van der Waals surface area contributed by atoms with Crippen molar-refractivity contribution in [2.75, 3.05) is 0 Å². The third-order valence-electron chi connectivity index (χ3n) is 7.75. The van der Waals surface area contributed by atoms with Crippen LogP contribution >= 0.6 is 0 Å². The molecular weight excluding hydrogens is 662 g/mol. The summed E-state index contributed by atoms with van der Waals surface area (Å²) in [6.07, 6.45) is 4.08. The number of aliphatic imine (C=N–C) groups is 2. The maximum Gasteiger partial charge on any atom is 0.0691 e. The van der Waals surface area contributed by atoms with Gasteiger partial charge in [0.2, 0.25) is 0 Å². The maximum atomic E-state index is 4.76. The van der Waals surface area contributed by atoms with Gasteiger partial charge in [-0.05, 0) is 91.5 Å². The molecule has 0 bridgehead atoms. The minimum atomic E-state index is 0. The zero-order chi connectivity index (χ0) is 34.0. The van der Waals surface area contributed by atoms with Gasteiger partial charge in [0.05, 0.1) is 11.4 Å². The number of nitrogens with zero attached hydrogens (tertiary/aromatic N) is 4. The summed E-state index contributed by atoms with van der Waals surface area (Å²) in [4.78, 5) is 9.53. The van der Waals surface area contributed by atoms with Gasteiger partial charge in [-0.25, -0.2) is 0 Å². The maximum absolute atomic E-state index is 4.76. The fourth-order valence-corrected chi connectivity index (χ4v) is 5.37. The Kier molecular flexibility index (Phi) is 17.8. The number of hydrogen-bond donors (Lipinski definition) is 0. The summed E-state index contributed by atoms with van der Waals surface area (Å²) >= 11 is 0. The Morgan fingerprint density at radius 2 is 0.646 bits per heavy atom. The Morgan fingerprint density at radius 1 is 0.417 bits per heavy atom. The summed E-state index contributed by atoms with van der Waals surface area (Å²) in [6, 6.07) is 25.0. The molecule has 0 amide bonds. The molecule has 0 fully saturated rings. The van der Waals surface area contributed by atoms with Gasteiger partial charge in [-0.1, -0.05) is 121 Å². The van der Waals surface area contributed by atoms with Crippen molar-refractivity contribution in [1.29, 1.82) is 0 Å². The van der Waals surface area contributed by atoms with E-state index in [1.54, 1.807) is 0 Å². The first-order chi connectivity index (χ1) is 21.8. The Morgan fingerprint density at radius 3 is 0.896 bits per heavy atom. The van der Waals surface area contributed by atoms with E-state index in [-0.39, 0.29) is 37.1 Å². The second-order valence-corrected chi connectivity index (χ2v) is 12.3. The van der Waals surface area contributed by atoms with Crippen molar-refractivity contribution in [2.24, 2.45) is 9.98 Å². The van der Waals surface area contributed by atoms with Crippen LogP contribution in [0.25, 0.3) is 10.6 Å². The van der Waals surface area contributed by atoms with Crippen molar-refractivity contribution >= 4 is 34.2 Å². The third-order valence-corrected chi connectivity index (χ3v) is 7.75. The molecule has 0 unspecified atom stereocenters. The van der Waals surface area contributed by atoms with Crippen LogP contribution in [-0.2, 0) is 37.1 Å². The van der Waals surface area contributed by atoms with Crippen molar-refractivity contribution in [3.05, 3.63) is 151 Å². The topological polar surface area (TPSA) is 52.9 Å². The van der Waals surface area contributed by atoms with Gasteiger partial charge in [0.15, 0.2) is 0 Å². The first-order valence-corrected chi connectivity index (χ1v) is 15.9. The standard InChI is InChI=1S/2C21H25N2.2V/c2*1-14-9-7-10-15(2)20(14)22-18(5)13-19(6)23-21-16(3)11-8-12-17(21)4;;/h2*7-13H,1-6H3;;/q2*-1;;/b2*18-13-,23-19?;;. The third kappa shape index (κ3) is 12.5. The molecule has 0 aliphatic heterocycles. The zero-order valence-corrected chi connectivity index (χ0v) is 33.6. The van der Waals surface area contributed by atoms with E-state index >= 15 is 0 Å². The predicted molar refractivity (Wildman–Crippen MR) is 203 cm³/mol. The molecule has 4 rings (SSSR count). The number of allylic oxidation sites excluding steroid dienone is 4. The van der Waals surface area contributed by atoms with Crippen LogP contribution in [0.5, 0.6) is 0 Å². The minimum absolute atomic E-state index is 0. The van der Waals surface area contributed by atoms with Gasteiger partial charge in [-0.2, -0.15) is 11.4 Å². The van der Waals surface area contributed by atoms with Crippen molar-refractivity contribution in [1.82, 2.24) is 0 Å². The van der Waals surface area contributed by atoms with E-state index in [0.717, 1.165) is 45.6 Å². The molecule has 0 atom stereocenters. The number of benzene rings is 4. The molecule has 0 aliphatic rings. The summed E-state index contributed by atoms with van der Waals surface area (Å²) in [6.45, 7) is 24.8. The number of aryl methyl sites for hydroxylation is 8. The molecule has 48 heavy (non-hydrogen) atoms. The van der Waals surface area contributed by atoms with Crippen molar-refractivity contribution in [3.63, 3.8) is 0 Å². The molecule has 4 aromatic carbocycles. The van der Waals surface area contributed by atoms with Crippen LogP contribution < -0.4 is 0 Å². The number of rotatable bonds is 8. The van der Waals surface area contributed by atoms with E-state index in [4.69, 9.17) is 20.6 Å². The predicted octanol–water partition coefficient (Wildman–Crippen LogP) is 13.2. The summed E-state index contributed by atoms with van der Waals surface area (Å²) in [7, 11) is 0. The molecular formula is C42H50N4V2-2. The average Bonchev–Trinajstić information content (AvgIpc) is 2.97. The Hall–Kier alpha value is -3.53. The summed E-state index contributed by atoms with van der Waals surface area (Å²) in [5.74, 6) is 0. The fraction of sp³-hybridized carbons (Fsp3) is 0.286. The molecule has 0 aromatic heterocycles. The normalized spacial score (nSPS) is 11.9. The smallest absolute Gasteiger partial charge is 0.0691 e. The van der Waals surface area contributed by atoms with E-state index in [1.807, 2.05) is 39.8 Å². The molecule has 0 heterocycles. The Balaban J connectivity index is 0.000000461. The van der Waals surface area contributed by atoms with Gasteiger partial charge >= 0.3 is 0 Å². The van der Waals surface area contributed by atoms with Gasteiger partial charge in [0.25, 0.3) is 0 Å². The van der Waals surface area contributed by atoms with Crippen LogP contribution in [0.3, 0.4) is 0 Å². The monoisotopic (exact) mass is 712 g/mol. The van der Waals surface area contributed by atoms with Crippen LogP contribution in [0.15, 0.2) is 106 Å². The van der Waals surface area contributed by atoms with Gasteiger partial charge in [-0.3, -0.25) is 9.98 Å². The molecule has 250 valence electrons. The van der Waals surface area contributed by atoms with E-state index < -0.39 is 0 Å². The molecule has 6 heteroatoms. The quantitative estimate of drug-likeness (QED) is 0.163. The molecule has 2 radical (unpaired) electrons. The summed E-state index contributed by atoms with van der Waals surface area (Å²) < 4.78 is 0. The molecule has 0 saturated carbocycles. The van der Waals surface area contributed by atoms with Crippen molar-refractivity contribution in [2.45, 2.75) is 83.1 Å². The van der Waals surface area contributed by atoms with E-state index in [9.17, 15) is 0 Å². The molecule has 4 aromatic rings. The zero-order valence-electron chi connectivity index (χ0n) is 30.8. The SMILES string of the molecule is CC(/C=C(/C)[N-]c1c(C)cccc1C)=Nc1c(C)cccc1C.CC(/C=C(/C)[N-]c1c(C)cccc1C)=Nc1c(C)cccc1C.[V].[V]. The van der Waals surface area contributed by atoms with Crippen molar-refractivity contribution < 1.29 is 37.1 Å². The number of hydrogen-bond acceptors (Lipinski definition) is 2. The van der Waals surface area contributed by atoms with E-state index in [0.29, 0.717) is 0 Å². The van der Waals surface area contributed by atoms with E-state index in [2.05, 4.69) is 128 Å². The summed E-state index contributed by atoms with van der Waals surface area (Å²) in [5, 5.41) is 9.53. The molecule has 4 nitrogen and oxygen atoms in total. The van der Waals surface area contributed by atoms with Crippen LogP contribution in [-0.4, -0.2) is 11.4 Å². The largest absolute Gasteiger partial charge is 0.661 e. The van der Waals surface area contributed by atoms with Gasteiger partial charge < -0.3 is 10.6 Å². The molecule has 0 spiro atoms. The first kappa shape index (κ1) is 42.5. The Bertz CT molecular complexity index is 1600. The first-order valence-electron chi connectivity index (χ1n) is 15.9. The summed E-state index contributed by atoms with van der Waals surface area (Å²) in [5.41, 5.74) is 17.7. The average molecular weight is 713 g/mol. The minimum Gasteiger partial charge on any atom is -0.661 e. The number of para-hydroxylation sites is 4. The second kappa shape index (κ2) is 20.1. The second-order valence-electron chi connectivity index (χ2n) is 12.3. The van der Waals surface area contributed by atoms with Crippen LogP contribution in [0.1, 0.15) is 72.2 Å².